The van der Waals surface area contributed by atoms with Gasteiger partial charge in [-0.25, -0.2) is 0 Å². The van der Waals surface area contributed by atoms with Gasteiger partial charge in [0.2, 0.25) is 11.8 Å². The third-order valence-electron chi connectivity index (χ3n) is 4.07. The maximum Gasteiger partial charge on any atom is 0.235 e. The van der Waals surface area contributed by atoms with Gasteiger partial charge in [-0.1, -0.05) is 34.6 Å². The zero-order valence-corrected chi connectivity index (χ0v) is 13.0. The van der Waals surface area contributed by atoms with E-state index in [-0.39, 0.29) is 36.1 Å². The van der Waals surface area contributed by atoms with Crippen LogP contribution in [0.4, 0.5) is 0 Å². The van der Waals surface area contributed by atoms with Crippen molar-refractivity contribution < 1.29 is 14.7 Å². The summed E-state index contributed by atoms with van der Waals surface area (Å²) in [4.78, 5) is 25.6. The molecule has 0 aromatic heterocycles. The Hall–Kier alpha value is -0.900. The molecular formula is C15H27NO3. The zero-order valence-electron chi connectivity index (χ0n) is 13.0. The minimum Gasteiger partial charge on any atom is -0.391 e. The van der Waals surface area contributed by atoms with Crippen LogP contribution in [0.2, 0.25) is 0 Å². The van der Waals surface area contributed by atoms with E-state index >= 15 is 0 Å². The van der Waals surface area contributed by atoms with Crippen molar-refractivity contribution in [2.24, 2.45) is 16.7 Å². The van der Waals surface area contributed by atoms with Crippen molar-refractivity contribution >= 4 is 11.8 Å². The van der Waals surface area contributed by atoms with Crippen LogP contribution in [0.3, 0.4) is 0 Å². The molecule has 1 fully saturated rings. The molecule has 1 aliphatic rings. The van der Waals surface area contributed by atoms with Gasteiger partial charge in [0, 0.05) is 6.42 Å². The summed E-state index contributed by atoms with van der Waals surface area (Å²) in [5.74, 6) is -0.177. The summed E-state index contributed by atoms with van der Waals surface area (Å²) in [7, 11) is 0. The Labute approximate surface area is 116 Å². The molecule has 110 valence electrons. The predicted octanol–water partition coefficient (Wildman–Crippen LogP) is 2.20. The standard InChI is InChI=1S/C15H27NO3/c1-10(2)15(6)8-12(18)16(13(15)19)9-11(17)7-14(3,4)5/h10-11,17H,7-9H2,1-6H3. The fourth-order valence-electron chi connectivity index (χ4n) is 2.52. The Morgan fingerprint density at radius 1 is 1.32 bits per heavy atom. The highest BCUT2D eigenvalue weighted by atomic mass is 16.3. The number of aliphatic hydroxyl groups is 1. The maximum absolute atomic E-state index is 12.4. The van der Waals surface area contributed by atoms with Gasteiger partial charge in [0.1, 0.15) is 0 Å². The Balaban J connectivity index is 2.75. The van der Waals surface area contributed by atoms with E-state index in [4.69, 9.17) is 0 Å². The average Bonchev–Trinajstić information content (AvgIpc) is 2.40. The molecule has 2 amide bonds. The highest BCUT2D eigenvalue weighted by Gasteiger charge is 2.50. The molecular weight excluding hydrogens is 242 g/mol. The number of imide groups is 1. The quantitative estimate of drug-likeness (QED) is 0.796. The lowest BCUT2D eigenvalue weighted by molar-refractivity contribution is -0.143. The molecule has 19 heavy (non-hydrogen) atoms. The molecule has 0 aromatic rings. The number of hydrogen-bond acceptors (Lipinski definition) is 3. The normalized spacial score (nSPS) is 26.4. The van der Waals surface area contributed by atoms with Crippen molar-refractivity contribution in [3.05, 3.63) is 0 Å². The first kappa shape index (κ1) is 16.2. The van der Waals surface area contributed by atoms with Crippen LogP contribution in [-0.4, -0.2) is 34.5 Å². The van der Waals surface area contributed by atoms with Crippen molar-refractivity contribution in [1.82, 2.24) is 4.90 Å². The largest absolute Gasteiger partial charge is 0.391 e. The molecule has 0 aliphatic carbocycles. The van der Waals surface area contributed by atoms with Gasteiger partial charge in [0.05, 0.1) is 18.1 Å². The van der Waals surface area contributed by atoms with Gasteiger partial charge in [0.15, 0.2) is 0 Å². The van der Waals surface area contributed by atoms with E-state index in [1.54, 1.807) is 0 Å². The van der Waals surface area contributed by atoms with Crippen molar-refractivity contribution in [2.75, 3.05) is 6.54 Å². The summed E-state index contributed by atoms with van der Waals surface area (Å²) >= 11 is 0. The fourth-order valence-corrected chi connectivity index (χ4v) is 2.52. The summed E-state index contributed by atoms with van der Waals surface area (Å²) in [6, 6.07) is 0. The van der Waals surface area contributed by atoms with Gasteiger partial charge in [-0.15, -0.1) is 0 Å². The molecule has 0 radical (unpaired) electrons. The Kier molecular flexibility index (Phi) is 4.45. The number of aliphatic hydroxyl groups excluding tert-OH is 1. The lowest BCUT2D eigenvalue weighted by atomic mass is 9.78. The Morgan fingerprint density at radius 2 is 1.84 bits per heavy atom. The molecule has 4 nitrogen and oxygen atoms in total. The minimum atomic E-state index is -0.651. The molecule has 1 saturated heterocycles. The molecule has 0 aromatic carbocycles. The monoisotopic (exact) mass is 269 g/mol. The van der Waals surface area contributed by atoms with E-state index in [0.29, 0.717) is 6.42 Å². The number of β-amino-alcohol motifs (C(OH)–C–C–N with tert-alkyl or cyclic N) is 1. The molecule has 1 rings (SSSR count). The van der Waals surface area contributed by atoms with Crippen LogP contribution in [-0.2, 0) is 9.59 Å². The Morgan fingerprint density at radius 3 is 2.21 bits per heavy atom. The molecule has 1 N–H and O–H groups in total. The molecule has 1 heterocycles. The number of likely N-dealkylation sites (tertiary alicyclic amines) is 1. The molecule has 0 saturated carbocycles. The second-order valence-electron chi connectivity index (χ2n) is 7.48. The average molecular weight is 269 g/mol. The minimum absolute atomic E-state index is 0.0212. The number of carbonyl (C=O) groups is 2. The lowest BCUT2D eigenvalue weighted by Gasteiger charge is -2.28. The number of carbonyl (C=O) groups excluding carboxylic acids is 2. The SMILES string of the molecule is CC(C)C1(C)CC(=O)N(CC(O)CC(C)(C)C)C1=O. The molecule has 4 heteroatoms. The van der Waals surface area contributed by atoms with Crippen LogP contribution >= 0.6 is 0 Å². The zero-order chi connectivity index (χ0) is 15.0. The highest BCUT2D eigenvalue weighted by molar-refractivity contribution is 6.05. The number of hydrogen-bond donors (Lipinski definition) is 1. The number of nitrogens with zero attached hydrogens (tertiary/aromatic N) is 1. The Bertz CT molecular complexity index is 370. The van der Waals surface area contributed by atoms with Crippen molar-refractivity contribution in [2.45, 2.75) is 60.5 Å². The van der Waals surface area contributed by atoms with Crippen LogP contribution in [0.25, 0.3) is 0 Å². The molecule has 2 unspecified atom stereocenters. The second kappa shape index (κ2) is 5.23. The van der Waals surface area contributed by atoms with Crippen molar-refractivity contribution in [3.8, 4) is 0 Å². The summed E-state index contributed by atoms with van der Waals surface area (Å²) in [5, 5.41) is 10.0. The first-order chi connectivity index (χ1) is 8.47. The summed E-state index contributed by atoms with van der Waals surface area (Å²) < 4.78 is 0. The van der Waals surface area contributed by atoms with Gasteiger partial charge in [-0.05, 0) is 24.7 Å². The number of amides is 2. The fraction of sp³-hybridized carbons (Fsp3) is 0.867. The van der Waals surface area contributed by atoms with Crippen molar-refractivity contribution in [3.63, 3.8) is 0 Å². The number of rotatable bonds is 4. The van der Waals surface area contributed by atoms with Crippen LogP contribution in [0.5, 0.6) is 0 Å². The van der Waals surface area contributed by atoms with E-state index in [9.17, 15) is 14.7 Å². The summed E-state index contributed by atoms with van der Waals surface area (Å²) in [5.41, 5.74) is -0.634. The van der Waals surface area contributed by atoms with Crippen LogP contribution in [0, 0.1) is 16.7 Å². The highest BCUT2D eigenvalue weighted by Crippen LogP contribution is 2.39. The predicted molar refractivity (Wildman–Crippen MR) is 74.4 cm³/mol. The van der Waals surface area contributed by atoms with Gasteiger partial charge in [-0.2, -0.15) is 0 Å². The van der Waals surface area contributed by atoms with E-state index in [2.05, 4.69) is 0 Å². The third-order valence-corrected chi connectivity index (χ3v) is 4.07. The molecule has 0 bridgehead atoms. The molecule has 2 atom stereocenters. The van der Waals surface area contributed by atoms with Gasteiger partial charge in [-0.3, -0.25) is 14.5 Å². The smallest absolute Gasteiger partial charge is 0.235 e. The van der Waals surface area contributed by atoms with E-state index in [1.807, 2.05) is 41.5 Å². The first-order valence-electron chi connectivity index (χ1n) is 7.00. The van der Waals surface area contributed by atoms with E-state index in [1.165, 1.54) is 4.90 Å². The topological polar surface area (TPSA) is 57.6 Å². The van der Waals surface area contributed by atoms with Gasteiger partial charge >= 0.3 is 0 Å². The molecule has 0 spiro atoms. The summed E-state index contributed by atoms with van der Waals surface area (Å²) in [6.07, 6.45) is 0.177. The van der Waals surface area contributed by atoms with Gasteiger partial charge in [0.25, 0.3) is 0 Å². The van der Waals surface area contributed by atoms with Crippen molar-refractivity contribution in [1.29, 1.82) is 0 Å². The van der Waals surface area contributed by atoms with Crippen LogP contribution < -0.4 is 0 Å². The maximum atomic E-state index is 12.4. The molecule has 1 aliphatic heterocycles. The van der Waals surface area contributed by atoms with Gasteiger partial charge < -0.3 is 5.11 Å². The second-order valence-corrected chi connectivity index (χ2v) is 7.48. The van der Waals surface area contributed by atoms with E-state index in [0.717, 1.165) is 0 Å². The first-order valence-corrected chi connectivity index (χ1v) is 7.00. The van der Waals surface area contributed by atoms with Crippen LogP contribution in [0.15, 0.2) is 0 Å². The third kappa shape index (κ3) is 3.56. The lowest BCUT2D eigenvalue weighted by Crippen LogP contribution is -2.41. The summed E-state index contributed by atoms with van der Waals surface area (Å²) in [6.45, 7) is 12.0. The van der Waals surface area contributed by atoms with Crippen LogP contribution in [0.1, 0.15) is 54.4 Å². The van der Waals surface area contributed by atoms with E-state index < -0.39 is 11.5 Å².